The SMILES string of the molecule is CCCC(C)C1NC(=O)N=C1N. The summed E-state index contributed by atoms with van der Waals surface area (Å²) in [7, 11) is 0. The van der Waals surface area contributed by atoms with E-state index in [0.717, 1.165) is 12.8 Å². The average Bonchev–Trinajstić information content (AvgIpc) is 2.30. The standard InChI is InChI=1S/C8H15N3O/c1-3-4-5(2)6-7(9)11-8(12)10-6/h5-6H,3-4H2,1-2H3,(H3,9,10,11,12). The van der Waals surface area contributed by atoms with E-state index < -0.39 is 0 Å². The molecular formula is C8H15N3O. The van der Waals surface area contributed by atoms with Crippen molar-refractivity contribution in [2.75, 3.05) is 0 Å². The Labute approximate surface area is 72.2 Å². The van der Waals surface area contributed by atoms with Gasteiger partial charge in [-0.3, -0.25) is 0 Å². The normalized spacial score (nSPS) is 25.0. The highest BCUT2D eigenvalue weighted by molar-refractivity contribution is 6.02. The molecule has 2 amide bonds. The Morgan fingerprint density at radius 1 is 1.75 bits per heavy atom. The lowest BCUT2D eigenvalue weighted by molar-refractivity contribution is 0.248. The molecule has 0 spiro atoms. The predicted octanol–water partition coefficient (Wildman–Crippen LogP) is 0.872. The van der Waals surface area contributed by atoms with Crippen molar-refractivity contribution < 1.29 is 4.79 Å². The van der Waals surface area contributed by atoms with Gasteiger partial charge in [0.2, 0.25) is 0 Å². The van der Waals surface area contributed by atoms with Crippen LogP contribution < -0.4 is 11.1 Å². The fourth-order valence-corrected chi connectivity index (χ4v) is 1.48. The van der Waals surface area contributed by atoms with Crippen molar-refractivity contribution in [3.05, 3.63) is 0 Å². The van der Waals surface area contributed by atoms with Crippen molar-refractivity contribution in [3.63, 3.8) is 0 Å². The fraction of sp³-hybridized carbons (Fsp3) is 0.750. The Hall–Kier alpha value is -1.06. The monoisotopic (exact) mass is 169 g/mol. The molecule has 0 aromatic carbocycles. The van der Waals surface area contributed by atoms with Crippen molar-refractivity contribution in [1.29, 1.82) is 0 Å². The van der Waals surface area contributed by atoms with Gasteiger partial charge in [-0.05, 0) is 12.3 Å². The molecule has 0 aromatic rings. The second-order valence-corrected chi connectivity index (χ2v) is 3.23. The number of aliphatic imine (C=N–C) groups is 1. The summed E-state index contributed by atoms with van der Waals surface area (Å²) in [5, 5.41) is 2.72. The van der Waals surface area contributed by atoms with Gasteiger partial charge >= 0.3 is 6.03 Å². The van der Waals surface area contributed by atoms with Gasteiger partial charge in [0.05, 0.1) is 6.04 Å². The molecule has 1 heterocycles. The smallest absolute Gasteiger partial charge is 0.343 e. The molecule has 0 saturated heterocycles. The van der Waals surface area contributed by atoms with Crippen LogP contribution in [0.3, 0.4) is 0 Å². The molecule has 1 aliphatic rings. The molecule has 2 atom stereocenters. The van der Waals surface area contributed by atoms with Crippen molar-refractivity contribution in [2.24, 2.45) is 16.6 Å². The third kappa shape index (κ3) is 1.75. The molecule has 3 N–H and O–H groups in total. The maximum absolute atomic E-state index is 10.8. The second kappa shape index (κ2) is 3.56. The molecule has 0 fully saturated rings. The van der Waals surface area contributed by atoms with E-state index in [4.69, 9.17) is 5.73 Å². The van der Waals surface area contributed by atoms with Crippen LogP contribution in [0.4, 0.5) is 4.79 Å². The Balaban J connectivity index is 2.54. The van der Waals surface area contributed by atoms with E-state index in [2.05, 4.69) is 24.2 Å². The molecule has 1 rings (SSSR count). The topological polar surface area (TPSA) is 67.5 Å². The van der Waals surface area contributed by atoms with E-state index in [1.807, 2.05) is 0 Å². The quantitative estimate of drug-likeness (QED) is 0.658. The first kappa shape index (κ1) is 9.03. The van der Waals surface area contributed by atoms with E-state index in [9.17, 15) is 4.79 Å². The molecule has 2 unspecified atom stereocenters. The summed E-state index contributed by atoms with van der Waals surface area (Å²) in [5.41, 5.74) is 5.57. The van der Waals surface area contributed by atoms with Crippen LogP contribution in [0, 0.1) is 5.92 Å². The van der Waals surface area contributed by atoms with Gasteiger partial charge in [-0.25, -0.2) is 4.79 Å². The predicted molar refractivity (Wildman–Crippen MR) is 48.0 cm³/mol. The van der Waals surface area contributed by atoms with E-state index in [1.54, 1.807) is 0 Å². The number of nitrogens with one attached hydrogen (secondary N) is 1. The van der Waals surface area contributed by atoms with Gasteiger partial charge in [0, 0.05) is 0 Å². The van der Waals surface area contributed by atoms with Crippen LogP contribution in [0.25, 0.3) is 0 Å². The first-order valence-electron chi connectivity index (χ1n) is 4.29. The largest absolute Gasteiger partial charge is 0.385 e. The Morgan fingerprint density at radius 3 is 2.83 bits per heavy atom. The zero-order chi connectivity index (χ0) is 9.14. The van der Waals surface area contributed by atoms with Gasteiger partial charge in [0.25, 0.3) is 0 Å². The fourth-order valence-electron chi connectivity index (χ4n) is 1.48. The summed E-state index contributed by atoms with van der Waals surface area (Å²) in [6.45, 7) is 4.18. The lowest BCUT2D eigenvalue weighted by Gasteiger charge is -2.17. The number of carbonyl (C=O) groups excluding carboxylic acids is 1. The minimum absolute atomic E-state index is 0.0440. The third-order valence-corrected chi connectivity index (χ3v) is 2.14. The first-order valence-corrected chi connectivity index (χ1v) is 4.29. The van der Waals surface area contributed by atoms with Crippen LogP contribution in [0.5, 0.6) is 0 Å². The number of carbonyl (C=O) groups is 1. The number of nitrogens with two attached hydrogens (primary N) is 1. The summed E-state index contributed by atoms with van der Waals surface area (Å²) in [5.74, 6) is 0.811. The van der Waals surface area contributed by atoms with Crippen LogP contribution in [0.15, 0.2) is 4.99 Å². The molecule has 12 heavy (non-hydrogen) atoms. The van der Waals surface area contributed by atoms with Crippen molar-refractivity contribution in [2.45, 2.75) is 32.7 Å². The molecule has 0 saturated carbocycles. The lowest BCUT2D eigenvalue weighted by atomic mass is 9.97. The minimum Gasteiger partial charge on any atom is -0.385 e. The number of hydrogen-bond acceptors (Lipinski definition) is 2. The second-order valence-electron chi connectivity index (χ2n) is 3.23. The van der Waals surface area contributed by atoms with Gasteiger partial charge in [-0.15, -0.1) is 0 Å². The van der Waals surface area contributed by atoms with Crippen LogP contribution >= 0.6 is 0 Å². The Morgan fingerprint density at radius 2 is 2.42 bits per heavy atom. The van der Waals surface area contributed by atoms with Gasteiger partial charge in [-0.1, -0.05) is 20.3 Å². The van der Waals surface area contributed by atoms with E-state index in [0.29, 0.717) is 11.8 Å². The minimum atomic E-state index is -0.305. The van der Waals surface area contributed by atoms with Crippen LogP contribution in [-0.2, 0) is 0 Å². The summed E-state index contributed by atoms with van der Waals surface area (Å²) >= 11 is 0. The van der Waals surface area contributed by atoms with Gasteiger partial charge in [0.15, 0.2) is 0 Å². The maximum Gasteiger partial charge on any atom is 0.343 e. The molecule has 1 aliphatic heterocycles. The summed E-state index contributed by atoms with van der Waals surface area (Å²) in [4.78, 5) is 14.4. The highest BCUT2D eigenvalue weighted by atomic mass is 16.2. The molecule has 0 bridgehead atoms. The van der Waals surface area contributed by atoms with Gasteiger partial charge in [0.1, 0.15) is 5.84 Å². The van der Waals surface area contributed by atoms with E-state index >= 15 is 0 Å². The number of urea groups is 1. The third-order valence-electron chi connectivity index (χ3n) is 2.14. The van der Waals surface area contributed by atoms with E-state index in [1.165, 1.54) is 0 Å². The number of amidine groups is 1. The van der Waals surface area contributed by atoms with Crippen LogP contribution in [0.2, 0.25) is 0 Å². The van der Waals surface area contributed by atoms with Crippen molar-refractivity contribution in [3.8, 4) is 0 Å². The highest BCUT2D eigenvalue weighted by Crippen LogP contribution is 2.13. The van der Waals surface area contributed by atoms with Gasteiger partial charge < -0.3 is 11.1 Å². The molecule has 0 radical (unpaired) electrons. The van der Waals surface area contributed by atoms with Gasteiger partial charge in [-0.2, -0.15) is 4.99 Å². The lowest BCUT2D eigenvalue weighted by Crippen LogP contribution is -2.41. The number of rotatable bonds is 3. The molecular weight excluding hydrogens is 154 g/mol. The molecule has 0 aromatic heterocycles. The van der Waals surface area contributed by atoms with Crippen LogP contribution in [0.1, 0.15) is 26.7 Å². The summed E-state index contributed by atoms with van der Waals surface area (Å²) in [6, 6.07) is -0.349. The molecule has 4 nitrogen and oxygen atoms in total. The zero-order valence-corrected chi connectivity index (χ0v) is 7.50. The summed E-state index contributed by atoms with van der Waals surface area (Å²) in [6.07, 6.45) is 2.15. The molecule has 4 heteroatoms. The first-order chi connectivity index (χ1) is 5.65. The van der Waals surface area contributed by atoms with E-state index in [-0.39, 0.29) is 12.1 Å². The number of amides is 2. The van der Waals surface area contributed by atoms with Crippen LogP contribution in [-0.4, -0.2) is 17.9 Å². The van der Waals surface area contributed by atoms with Crippen molar-refractivity contribution >= 4 is 11.9 Å². The molecule has 68 valence electrons. The average molecular weight is 169 g/mol. The number of hydrogen-bond donors (Lipinski definition) is 2. The highest BCUT2D eigenvalue weighted by Gasteiger charge is 2.27. The Kier molecular flexibility index (Phi) is 2.68. The Bertz CT molecular complexity index is 212. The number of nitrogens with zero attached hydrogens (tertiary/aromatic N) is 1. The molecule has 0 aliphatic carbocycles. The van der Waals surface area contributed by atoms with Crippen molar-refractivity contribution in [1.82, 2.24) is 5.32 Å². The maximum atomic E-state index is 10.8. The summed E-state index contributed by atoms with van der Waals surface area (Å²) < 4.78 is 0. The zero-order valence-electron chi connectivity index (χ0n) is 7.50.